The van der Waals surface area contributed by atoms with Gasteiger partial charge in [0.05, 0.1) is 6.54 Å². The highest BCUT2D eigenvalue weighted by Gasteiger charge is 2.52. The summed E-state index contributed by atoms with van der Waals surface area (Å²) in [6, 6.07) is -0.381. The summed E-state index contributed by atoms with van der Waals surface area (Å²) >= 11 is 0. The molecule has 2 aliphatic carbocycles. The minimum atomic E-state index is -0.715. The number of urea groups is 1. The summed E-state index contributed by atoms with van der Waals surface area (Å²) in [4.78, 5) is 37.4. The zero-order valence-corrected chi connectivity index (χ0v) is 11.3. The lowest BCUT2D eigenvalue weighted by molar-refractivity contribution is -0.135. The zero-order chi connectivity index (χ0) is 13.6. The molecule has 5 nitrogen and oxygen atoms in total. The highest BCUT2D eigenvalue weighted by atomic mass is 16.2. The number of rotatable bonds is 3. The molecular weight excluding hydrogens is 244 g/mol. The molecule has 1 saturated heterocycles. The van der Waals surface area contributed by atoms with Crippen molar-refractivity contribution in [3.63, 3.8) is 0 Å². The van der Waals surface area contributed by atoms with Crippen LogP contribution in [0.3, 0.4) is 0 Å². The van der Waals surface area contributed by atoms with Gasteiger partial charge in [-0.05, 0) is 44.4 Å². The van der Waals surface area contributed by atoms with Crippen molar-refractivity contribution in [2.75, 3.05) is 6.54 Å². The molecule has 104 valence electrons. The number of ketones is 1. The molecule has 3 fully saturated rings. The number of Topliss-reactive ketones (excluding diaryl/α,β-unsaturated/α-hetero) is 1. The van der Waals surface area contributed by atoms with Gasteiger partial charge in [-0.3, -0.25) is 14.5 Å². The van der Waals surface area contributed by atoms with E-state index in [2.05, 4.69) is 12.2 Å². The van der Waals surface area contributed by atoms with Gasteiger partial charge in [0.15, 0.2) is 5.78 Å². The van der Waals surface area contributed by atoms with Crippen molar-refractivity contribution in [1.82, 2.24) is 10.2 Å². The molecule has 1 heterocycles. The van der Waals surface area contributed by atoms with Gasteiger partial charge in [0.2, 0.25) is 0 Å². The monoisotopic (exact) mass is 264 g/mol. The van der Waals surface area contributed by atoms with Crippen LogP contribution in [0.2, 0.25) is 0 Å². The summed E-state index contributed by atoms with van der Waals surface area (Å²) in [5.41, 5.74) is -0.715. The first-order valence-corrected chi connectivity index (χ1v) is 7.19. The third kappa shape index (κ3) is 2.15. The summed E-state index contributed by atoms with van der Waals surface area (Å²) in [6.07, 6.45) is 5.13. The predicted octanol–water partition coefficient (Wildman–Crippen LogP) is 1.47. The minimum Gasteiger partial charge on any atom is -0.323 e. The van der Waals surface area contributed by atoms with Crippen molar-refractivity contribution in [2.45, 2.75) is 51.0 Å². The number of nitrogens with zero attached hydrogens (tertiary/aromatic N) is 1. The summed E-state index contributed by atoms with van der Waals surface area (Å²) in [5, 5.41) is 2.84. The Hall–Kier alpha value is -1.39. The molecule has 3 aliphatic rings. The number of amides is 3. The second kappa shape index (κ2) is 4.32. The number of imide groups is 1. The van der Waals surface area contributed by atoms with Gasteiger partial charge in [0, 0.05) is 5.92 Å². The molecule has 5 heteroatoms. The van der Waals surface area contributed by atoms with Crippen LogP contribution in [0.5, 0.6) is 0 Å². The third-order valence-electron chi connectivity index (χ3n) is 4.72. The van der Waals surface area contributed by atoms with Crippen molar-refractivity contribution >= 4 is 17.7 Å². The Morgan fingerprint density at radius 2 is 1.89 bits per heavy atom. The molecule has 0 atom stereocenters. The lowest BCUT2D eigenvalue weighted by Crippen LogP contribution is -2.49. The minimum absolute atomic E-state index is 0.0322. The van der Waals surface area contributed by atoms with Gasteiger partial charge in [-0.15, -0.1) is 0 Å². The molecule has 2 saturated carbocycles. The lowest BCUT2D eigenvalue weighted by atomic mass is 9.77. The van der Waals surface area contributed by atoms with Gasteiger partial charge < -0.3 is 5.32 Å². The smallest absolute Gasteiger partial charge is 0.323 e. The second-order valence-corrected chi connectivity index (χ2v) is 6.33. The molecule has 3 amide bonds. The van der Waals surface area contributed by atoms with E-state index in [1.807, 2.05) is 0 Å². The molecule has 0 radical (unpaired) electrons. The molecule has 1 aliphatic heterocycles. The third-order valence-corrected chi connectivity index (χ3v) is 4.72. The quantitative estimate of drug-likeness (QED) is 0.785. The standard InChI is InChI=1S/C14H20N2O3/c1-9-4-6-14(7-5-9)12(18)16(13(19)15-14)8-11(17)10-2-3-10/h9-10H,2-8H2,1H3,(H,15,19). The molecule has 1 N–H and O–H groups in total. The molecule has 19 heavy (non-hydrogen) atoms. The highest BCUT2D eigenvalue weighted by Crippen LogP contribution is 2.37. The summed E-state index contributed by atoms with van der Waals surface area (Å²) in [5.74, 6) is 0.545. The van der Waals surface area contributed by atoms with E-state index in [0.717, 1.165) is 30.6 Å². The van der Waals surface area contributed by atoms with Crippen LogP contribution in [0.15, 0.2) is 0 Å². The Kier molecular flexibility index (Phi) is 2.87. The van der Waals surface area contributed by atoms with Gasteiger partial charge in [-0.1, -0.05) is 6.92 Å². The predicted molar refractivity (Wildman–Crippen MR) is 68.3 cm³/mol. The first-order valence-electron chi connectivity index (χ1n) is 7.19. The van der Waals surface area contributed by atoms with Gasteiger partial charge in [0.1, 0.15) is 5.54 Å². The molecule has 1 spiro atoms. The maximum absolute atomic E-state index is 12.5. The van der Waals surface area contributed by atoms with E-state index < -0.39 is 5.54 Å². The van der Waals surface area contributed by atoms with Crippen LogP contribution in [0.1, 0.15) is 45.4 Å². The van der Waals surface area contributed by atoms with Gasteiger partial charge >= 0.3 is 6.03 Å². The first-order chi connectivity index (χ1) is 9.02. The average molecular weight is 264 g/mol. The van der Waals surface area contributed by atoms with E-state index in [0.29, 0.717) is 18.8 Å². The maximum Gasteiger partial charge on any atom is 0.325 e. The van der Waals surface area contributed by atoms with Crippen molar-refractivity contribution in [3.05, 3.63) is 0 Å². The Morgan fingerprint density at radius 1 is 1.26 bits per heavy atom. The van der Waals surface area contributed by atoms with Gasteiger partial charge in [-0.2, -0.15) is 0 Å². The fourth-order valence-corrected chi connectivity index (χ4v) is 3.10. The molecule has 0 bridgehead atoms. The molecule has 0 aromatic rings. The van der Waals surface area contributed by atoms with E-state index in [1.54, 1.807) is 0 Å². The van der Waals surface area contributed by atoms with Crippen LogP contribution in [-0.2, 0) is 9.59 Å². The first kappa shape index (κ1) is 12.6. The Labute approximate surface area is 112 Å². The SMILES string of the molecule is CC1CCC2(CC1)NC(=O)N(CC(=O)C1CC1)C2=O. The van der Waals surface area contributed by atoms with E-state index in [-0.39, 0.29) is 30.2 Å². The normalized spacial score (nSPS) is 34.8. The fourth-order valence-electron chi connectivity index (χ4n) is 3.10. The highest BCUT2D eigenvalue weighted by molar-refractivity contribution is 6.09. The van der Waals surface area contributed by atoms with E-state index >= 15 is 0 Å². The van der Waals surface area contributed by atoms with Crippen LogP contribution in [0.4, 0.5) is 4.79 Å². The number of nitrogens with one attached hydrogen (secondary N) is 1. The number of hydrogen-bond donors (Lipinski definition) is 1. The van der Waals surface area contributed by atoms with Crippen molar-refractivity contribution in [1.29, 1.82) is 0 Å². The number of carbonyl (C=O) groups is 3. The molecule has 0 aromatic carbocycles. The topological polar surface area (TPSA) is 66.5 Å². The van der Waals surface area contributed by atoms with E-state index in [9.17, 15) is 14.4 Å². The van der Waals surface area contributed by atoms with E-state index in [1.165, 1.54) is 0 Å². The molecular formula is C14H20N2O3. The van der Waals surface area contributed by atoms with E-state index in [4.69, 9.17) is 0 Å². The molecule has 0 aromatic heterocycles. The Morgan fingerprint density at radius 3 is 2.47 bits per heavy atom. The van der Waals surface area contributed by atoms with Crippen LogP contribution in [-0.4, -0.2) is 34.7 Å². The van der Waals surface area contributed by atoms with Crippen molar-refractivity contribution in [3.8, 4) is 0 Å². The van der Waals surface area contributed by atoms with Crippen molar-refractivity contribution in [2.24, 2.45) is 11.8 Å². The fraction of sp³-hybridized carbons (Fsp3) is 0.786. The Balaban J connectivity index is 1.71. The van der Waals surface area contributed by atoms with Gasteiger partial charge in [-0.25, -0.2) is 4.79 Å². The number of hydrogen-bond acceptors (Lipinski definition) is 3. The lowest BCUT2D eigenvalue weighted by Gasteiger charge is -2.33. The molecule has 3 rings (SSSR count). The van der Waals surface area contributed by atoms with Crippen molar-refractivity contribution < 1.29 is 14.4 Å². The molecule has 0 unspecified atom stereocenters. The van der Waals surface area contributed by atoms with Crippen LogP contribution in [0, 0.1) is 11.8 Å². The zero-order valence-electron chi connectivity index (χ0n) is 11.3. The summed E-state index contributed by atoms with van der Waals surface area (Å²) in [6.45, 7) is 2.13. The van der Waals surface area contributed by atoms with Crippen LogP contribution < -0.4 is 5.32 Å². The largest absolute Gasteiger partial charge is 0.325 e. The van der Waals surface area contributed by atoms with Gasteiger partial charge in [0.25, 0.3) is 5.91 Å². The second-order valence-electron chi connectivity index (χ2n) is 6.33. The summed E-state index contributed by atoms with van der Waals surface area (Å²) in [7, 11) is 0. The Bertz CT molecular complexity index is 434. The average Bonchev–Trinajstić information content (AvgIpc) is 3.19. The number of carbonyl (C=O) groups excluding carboxylic acids is 3. The van der Waals surface area contributed by atoms with Crippen LogP contribution >= 0.6 is 0 Å². The summed E-state index contributed by atoms with van der Waals surface area (Å²) < 4.78 is 0. The van der Waals surface area contributed by atoms with Crippen LogP contribution in [0.25, 0.3) is 0 Å². The maximum atomic E-state index is 12.5.